The predicted molar refractivity (Wildman–Crippen MR) is 70.8 cm³/mol. The van der Waals surface area contributed by atoms with Gasteiger partial charge in [0.1, 0.15) is 0 Å². The molecule has 3 unspecified atom stereocenters. The van der Waals surface area contributed by atoms with E-state index < -0.39 is 9.05 Å². The van der Waals surface area contributed by atoms with Gasteiger partial charge in [-0.15, -0.1) is 0 Å². The molecular weight excluding hydrogens is 260 g/mol. The standard InChI is InChI=1S/C12H23ClO3S/c1-3-11-5-4-6-12(7-11)16-8-10(2)9-17(13,14)15/h10-12H,3-9H2,1-2H3. The Labute approximate surface area is 109 Å². The van der Waals surface area contributed by atoms with E-state index in [0.717, 1.165) is 18.8 Å². The lowest BCUT2D eigenvalue weighted by Gasteiger charge is -2.29. The summed E-state index contributed by atoms with van der Waals surface area (Å²) in [5, 5.41) is 0. The predicted octanol–water partition coefficient (Wildman–Crippen LogP) is 3.18. The Bertz CT molecular complexity index is 316. The van der Waals surface area contributed by atoms with Crippen LogP contribution in [-0.4, -0.2) is 26.9 Å². The van der Waals surface area contributed by atoms with Gasteiger partial charge in [-0.2, -0.15) is 0 Å². The van der Waals surface area contributed by atoms with Crippen LogP contribution in [0.15, 0.2) is 0 Å². The first kappa shape index (κ1) is 15.3. The maximum Gasteiger partial charge on any atom is 0.232 e. The van der Waals surface area contributed by atoms with Gasteiger partial charge in [-0.3, -0.25) is 0 Å². The van der Waals surface area contributed by atoms with E-state index >= 15 is 0 Å². The van der Waals surface area contributed by atoms with Gasteiger partial charge in [0, 0.05) is 10.7 Å². The number of halogens is 1. The first-order valence-corrected chi connectivity index (χ1v) is 8.92. The molecule has 0 radical (unpaired) electrons. The van der Waals surface area contributed by atoms with Crippen molar-refractivity contribution in [1.29, 1.82) is 0 Å². The van der Waals surface area contributed by atoms with Crippen molar-refractivity contribution in [3.05, 3.63) is 0 Å². The lowest BCUT2D eigenvalue weighted by molar-refractivity contribution is -0.0000536. The van der Waals surface area contributed by atoms with Gasteiger partial charge in [0.2, 0.25) is 9.05 Å². The third-order valence-corrected chi connectivity index (χ3v) is 4.76. The number of hydrogen-bond acceptors (Lipinski definition) is 3. The van der Waals surface area contributed by atoms with E-state index in [1.807, 2.05) is 6.92 Å². The fourth-order valence-corrected chi connectivity index (χ4v) is 3.87. The minimum Gasteiger partial charge on any atom is -0.378 e. The molecule has 5 heteroatoms. The average molecular weight is 283 g/mol. The lowest BCUT2D eigenvalue weighted by atomic mass is 9.85. The molecule has 1 rings (SSSR count). The molecule has 0 heterocycles. The van der Waals surface area contributed by atoms with Crippen LogP contribution in [0, 0.1) is 11.8 Å². The summed E-state index contributed by atoms with van der Waals surface area (Å²) in [4.78, 5) is 0. The zero-order chi connectivity index (χ0) is 12.9. The quantitative estimate of drug-likeness (QED) is 0.703. The topological polar surface area (TPSA) is 43.4 Å². The average Bonchev–Trinajstić information content (AvgIpc) is 2.24. The molecule has 1 aliphatic rings. The van der Waals surface area contributed by atoms with Crippen LogP contribution in [0.4, 0.5) is 0 Å². The molecular formula is C12H23ClO3S. The second-order valence-electron chi connectivity index (χ2n) is 5.21. The molecule has 0 bridgehead atoms. The molecule has 3 atom stereocenters. The van der Waals surface area contributed by atoms with Crippen molar-refractivity contribution in [2.24, 2.45) is 11.8 Å². The van der Waals surface area contributed by atoms with Crippen LogP contribution in [0.3, 0.4) is 0 Å². The van der Waals surface area contributed by atoms with E-state index in [4.69, 9.17) is 15.4 Å². The van der Waals surface area contributed by atoms with Crippen molar-refractivity contribution in [3.8, 4) is 0 Å². The van der Waals surface area contributed by atoms with E-state index in [1.54, 1.807) is 0 Å². The Morgan fingerprint density at radius 3 is 2.71 bits per heavy atom. The van der Waals surface area contributed by atoms with Gasteiger partial charge < -0.3 is 4.74 Å². The normalized spacial score (nSPS) is 27.9. The van der Waals surface area contributed by atoms with E-state index in [1.165, 1.54) is 19.3 Å². The highest BCUT2D eigenvalue weighted by Crippen LogP contribution is 2.28. The highest BCUT2D eigenvalue weighted by molar-refractivity contribution is 8.13. The minimum atomic E-state index is -3.40. The second kappa shape index (κ2) is 6.95. The van der Waals surface area contributed by atoms with Crippen LogP contribution in [0.1, 0.15) is 46.0 Å². The minimum absolute atomic E-state index is 0.00151. The highest BCUT2D eigenvalue weighted by Gasteiger charge is 2.22. The van der Waals surface area contributed by atoms with Gasteiger partial charge in [-0.25, -0.2) is 8.42 Å². The lowest BCUT2D eigenvalue weighted by Crippen LogP contribution is -2.26. The van der Waals surface area contributed by atoms with Gasteiger partial charge in [0.15, 0.2) is 0 Å². The van der Waals surface area contributed by atoms with E-state index in [-0.39, 0.29) is 11.7 Å². The van der Waals surface area contributed by atoms with Crippen LogP contribution in [0.25, 0.3) is 0 Å². The van der Waals surface area contributed by atoms with Crippen molar-refractivity contribution in [1.82, 2.24) is 0 Å². The van der Waals surface area contributed by atoms with E-state index in [0.29, 0.717) is 12.7 Å². The summed E-state index contributed by atoms with van der Waals surface area (Å²) in [7, 11) is 1.81. The molecule has 0 spiro atoms. The summed E-state index contributed by atoms with van der Waals surface area (Å²) in [6.45, 7) is 4.57. The molecule has 0 N–H and O–H groups in total. The van der Waals surface area contributed by atoms with Gasteiger partial charge in [-0.05, 0) is 24.7 Å². The third-order valence-electron chi connectivity index (χ3n) is 3.41. The zero-order valence-corrected chi connectivity index (χ0v) is 12.3. The van der Waals surface area contributed by atoms with Crippen molar-refractivity contribution in [2.45, 2.75) is 52.1 Å². The van der Waals surface area contributed by atoms with Crippen LogP contribution in [-0.2, 0) is 13.8 Å². The van der Waals surface area contributed by atoms with Crippen molar-refractivity contribution < 1.29 is 13.2 Å². The van der Waals surface area contributed by atoms with Gasteiger partial charge >= 0.3 is 0 Å². The summed E-state index contributed by atoms with van der Waals surface area (Å²) in [5.74, 6) is 0.749. The van der Waals surface area contributed by atoms with Gasteiger partial charge in [-0.1, -0.05) is 33.1 Å². The van der Waals surface area contributed by atoms with Crippen molar-refractivity contribution in [2.75, 3.05) is 12.4 Å². The Balaban J connectivity index is 2.25. The molecule has 0 aromatic carbocycles. The summed E-state index contributed by atoms with van der Waals surface area (Å²) in [6.07, 6.45) is 6.29. The second-order valence-corrected chi connectivity index (χ2v) is 8.03. The van der Waals surface area contributed by atoms with Crippen molar-refractivity contribution in [3.63, 3.8) is 0 Å². The zero-order valence-electron chi connectivity index (χ0n) is 10.7. The number of ether oxygens (including phenoxy) is 1. The molecule has 1 aliphatic carbocycles. The van der Waals surface area contributed by atoms with E-state index in [9.17, 15) is 8.42 Å². The molecule has 0 aromatic rings. The van der Waals surface area contributed by atoms with Crippen LogP contribution < -0.4 is 0 Å². The maximum absolute atomic E-state index is 10.9. The molecule has 0 aromatic heterocycles. The summed E-state index contributed by atoms with van der Waals surface area (Å²) >= 11 is 0. The van der Waals surface area contributed by atoms with Gasteiger partial charge in [0.25, 0.3) is 0 Å². The van der Waals surface area contributed by atoms with Gasteiger partial charge in [0.05, 0.1) is 18.5 Å². The van der Waals surface area contributed by atoms with E-state index in [2.05, 4.69) is 6.92 Å². The summed E-state index contributed by atoms with van der Waals surface area (Å²) in [5.41, 5.74) is 0. The fraction of sp³-hybridized carbons (Fsp3) is 1.00. The Morgan fingerprint density at radius 1 is 1.41 bits per heavy atom. The molecule has 0 amide bonds. The summed E-state index contributed by atoms with van der Waals surface area (Å²) < 4.78 is 27.6. The number of rotatable bonds is 6. The maximum atomic E-state index is 10.9. The first-order chi connectivity index (χ1) is 7.90. The summed E-state index contributed by atoms with van der Waals surface area (Å²) in [6, 6.07) is 0. The third kappa shape index (κ3) is 6.63. The molecule has 17 heavy (non-hydrogen) atoms. The molecule has 1 saturated carbocycles. The number of hydrogen-bond donors (Lipinski definition) is 0. The Kier molecular flexibility index (Phi) is 6.24. The molecule has 3 nitrogen and oxygen atoms in total. The van der Waals surface area contributed by atoms with Crippen LogP contribution in [0.5, 0.6) is 0 Å². The largest absolute Gasteiger partial charge is 0.378 e. The molecule has 0 aliphatic heterocycles. The first-order valence-electron chi connectivity index (χ1n) is 6.44. The SMILES string of the molecule is CCC1CCCC(OCC(C)CS(=O)(=O)Cl)C1. The Hall–Kier alpha value is 0.200. The molecule has 1 fully saturated rings. The molecule has 0 saturated heterocycles. The van der Waals surface area contributed by atoms with Crippen LogP contribution >= 0.6 is 10.7 Å². The highest BCUT2D eigenvalue weighted by atomic mass is 35.7. The fourth-order valence-electron chi connectivity index (χ4n) is 2.45. The molecule has 102 valence electrons. The Morgan fingerprint density at radius 2 is 2.12 bits per heavy atom. The monoisotopic (exact) mass is 282 g/mol. The smallest absolute Gasteiger partial charge is 0.232 e. The van der Waals surface area contributed by atoms with Crippen LogP contribution in [0.2, 0.25) is 0 Å². The van der Waals surface area contributed by atoms with Crippen molar-refractivity contribution >= 4 is 19.7 Å².